The van der Waals surface area contributed by atoms with E-state index in [4.69, 9.17) is 10.1 Å². The van der Waals surface area contributed by atoms with E-state index in [1.807, 2.05) is 60.7 Å². The van der Waals surface area contributed by atoms with Gasteiger partial charge in [-0.1, -0.05) is 72.8 Å². The second kappa shape index (κ2) is 13.3. The van der Waals surface area contributed by atoms with E-state index < -0.39 is 18.0 Å². The molecule has 40 heavy (non-hydrogen) atoms. The maximum atomic E-state index is 13.8. The van der Waals surface area contributed by atoms with Gasteiger partial charge in [-0.15, -0.1) is 0 Å². The number of hydrogen-bond acceptors (Lipinski definition) is 6. The molecule has 1 unspecified atom stereocenters. The Morgan fingerprint density at radius 1 is 1.02 bits per heavy atom. The normalized spacial score (nSPS) is 15.9. The lowest BCUT2D eigenvalue weighted by Gasteiger charge is -2.28. The van der Waals surface area contributed by atoms with Gasteiger partial charge < -0.3 is 20.5 Å². The van der Waals surface area contributed by atoms with Crippen LogP contribution in [0.5, 0.6) is 0 Å². The molecule has 5 N–H and O–H groups in total. The molecule has 1 aliphatic rings. The molecular formula is C30H34FN5O4. The zero-order valence-corrected chi connectivity index (χ0v) is 22.3. The highest BCUT2D eigenvalue weighted by Gasteiger charge is 2.51. The highest BCUT2D eigenvalue weighted by atomic mass is 19.1. The van der Waals surface area contributed by atoms with Gasteiger partial charge >= 0.3 is 0 Å². The molecule has 0 aliphatic carbocycles. The molecule has 1 heterocycles. The first-order chi connectivity index (χ1) is 19.3. The number of aliphatic hydroxyl groups excluding tert-OH is 1. The average molecular weight is 548 g/mol. The minimum Gasteiger partial charge on any atom is -0.356 e. The molecule has 0 spiro atoms. The minimum atomic E-state index is -1.34. The van der Waals surface area contributed by atoms with Crippen molar-refractivity contribution < 1.29 is 23.8 Å². The first-order valence-corrected chi connectivity index (χ1v) is 13.1. The Hall–Kier alpha value is -4.12. The molecule has 0 aromatic heterocycles. The van der Waals surface area contributed by atoms with Gasteiger partial charge in [-0.25, -0.2) is 4.39 Å². The highest BCUT2D eigenvalue weighted by molar-refractivity contribution is 6.10. The largest absolute Gasteiger partial charge is 0.356 e. The summed E-state index contributed by atoms with van der Waals surface area (Å²) >= 11 is 0. The molecule has 2 atom stereocenters. The summed E-state index contributed by atoms with van der Waals surface area (Å²) in [4.78, 5) is 28.1. The van der Waals surface area contributed by atoms with Crippen LogP contribution in [0.2, 0.25) is 0 Å². The number of carbonyl (C=O) groups excluding carboxylic acids is 2. The lowest BCUT2D eigenvalue weighted by Crippen LogP contribution is -2.50. The fourth-order valence-corrected chi connectivity index (χ4v) is 4.80. The maximum absolute atomic E-state index is 13.8. The first-order valence-electron chi connectivity index (χ1n) is 13.1. The monoisotopic (exact) mass is 547 g/mol. The Labute approximate surface area is 232 Å². The third-order valence-electron chi connectivity index (χ3n) is 6.90. The number of benzene rings is 3. The molecular weight excluding hydrogens is 513 g/mol. The summed E-state index contributed by atoms with van der Waals surface area (Å²) in [5.41, 5.74) is 1.04. The third-order valence-corrected chi connectivity index (χ3v) is 6.90. The predicted octanol–water partition coefficient (Wildman–Crippen LogP) is 2.46. The zero-order valence-electron chi connectivity index (χ0n) is 22.3. The van der Waals surface area contributed by atoms with E-state index >= 15 is 0 Å². The van der Waals surface area contributed by atoms with Crippen LogP contribution in [0.4, 0.5) is 4.39 Å². The fraction of sp³-hybridized carbons (Fsp3) is 0.300. The molecule has 3 aromatic carbocycles. The summed E-state index contributed by atoms with van der Waals surface area (Å²) in [6.45, 7) is 0.635. The van der Waals surface area contributed by atoms with Gasteiger partial charge in [-0.05, 0) is 48.1 Å². The van der Waals surface area contributed by atoms with Gasteiger partial charge in [0.25, 0.3) is 5.91 Å². The van der Waals surface area contributed by atoms with Gasteiger partial charge in [0.1, 0.15) is 5.82 Å². The molecule has 210 valence electrons. The summed E-state index contributed by atoms with van der Waals surface area (Å²) in [6.07, 6.45) is -0.0151. The lowest BCUT2D eigenvalue weighted by molar-refractivity contribution is -0.133. The summed E-state index contributed by atoms with van der Waals surface area (Å²) in [6, 6.07) is 23.7. The van der Waals surface area contributed by atoms with Crippen LogP contribution in [-0.4, -0.2) is 60.4 Å². The van der Waals surface area contributed by atoms with Gasteiger partial charge in [0, 0.05) is 20.2 Å². The summed E-state index contributed by atoms with van der Waals surface area (Å²) in [5.74, 6) is -0.923. The molecule has 0 radical (unpaired) electrons. The fourth-order valence-electron chi connectivity index (χ4n) is 4.80. The van der Waals surface area contributed by atoms with Crippen LogP contribution in [0.15, 0.2) is 84.9 Å². The summed E-state index contributed by atoms with van der Waals surface area (Å²) in [5, 5.41) is 27.1. The van der Waals surface area contributed by atoms with Gasteiger partial charge in [0.2, 0.25) is 12.3 Å². The molecule has 0 saturated carbocycles. The molecule has 10 heteroatoms. The van der Waals surface area contributed by atoms with E-state index in [-0.39, 0.29) is 30.0 Å². The molecule has 1 saturated heterocycles. The van der Waals surface area contributed by atoms with E-state index in [1.54, 1.807) is 12.1 Å². The van der Waals surface area contributed by atoms with Crippen LogP contribution >= 0.6 is 0 Å². The topological polar surface area (TPSA) is 127 Å². The number of hydrogen-bond donors (Lipinski definition) is 5. The van der Waals surface area contributed by atoms with Gasteiger partial charge in [0.05, 0.1) is 6.04 Å². The third kappa shape index (κ3) is 6.53. The Kier molecular flexibility index (Phi) is 9.60. The quantitative estimate of drug-likeness (QED) is 0.165. The second-order valence-electron chi connectivity index (χ2n) is 9.55. The first kappa shape index (κ1) is 28.9. The SMILES string of the molecule is COC(O)N[C@@H](Cc1ccc(F)cc1)C(=O)NCCCCN1C(=N)NC(c2ccccc2)(c2ccccc2)C1=O. The van der Waals surface area contributed by atoms with E-state index in [0.29, 0.717) is 25.9 Å². The summed E-state index contributed by atoms with van der Waals surface area (Å²) < 4.78 is 18.1. The predicted molar refractivity (Wildman–Crippen MR) is 149 cm³/mol. The number of aliphatic hydroxyl groups is 1. The molecule has 1 aliphatic heterocycles. The molecule has 1 fully saturated rings. The molecule has 9 nitrogen and oxygen atoms in total. The highest BCUT2D eigenvalue weighted by Crippen LogP contribution is 2.35. The number of carbonyl (C=O) groups is 2. The molecule has 0 bridgehead atoms. The van der Waals surface area contributed by atoms with Gasteiger partial charge in [-0.3, -0.25) is 25.2 Å². The van der Waals surface area contributed by atoms with Crippen molar-refractivity contribution in [2.45, 2.75) is 37.3 Å². The van der Waals surface area contributed by atoms with Gasteiger partial charge in [0.15, 0.2) is 11.5 Å². The number of nitrogens with one attached hydrogen (secondary N) is 4. The minimum absolute atomic E-state index is 0.0267. The average Bonchev–Trinajstić information content (AvgIpc) is 3.24. The van der Waals surface area contributed by atoms with Crippen molar-refractivity contribution in [2.24, 2.45) is 0 Å². The number of halogens is 1. The van der Waals surface area contributed by atoms with Crippen molar-refractivity contribution in [1.82, 2.24) is 20.9 Å². The van der Waals surface area contributed by atoms with Crippen LogP contribution in [0.1, 0.15) is 29.5 Å². The van der Waals surface area contributed by atoms with Crippen LogP contribution in [-0.2, 0) is 26.3 Å². The molecule has 4 rings (SSSR count). The number of ether oxygens (including phenoxy) is 1. The number of nitrogens with zero attached hydrogens (tertiary/aromatic N) is 1. The van der Waals surface area contributed by atoms with Crippen molar-refractivity contribution in [1.29, 1.82) is 5.41 Å². The Morgan fingerprint density at radius 3 is 2.20 bits per heavy atom. The maximum Gasteiger partial charge on any atom is 0.264 e. The second-order valence-corrected chi connectivity index (χ2v) is 9.55. The number of methoxy groups -OCH3 is 1. The number of rotatable bonds is 13. The number of unbranched alkanes of at least 4 members (excludes halogenated alkanes) is 1. The van der Waals surface area contributed by atoms with Crippen molar-refractivity contribution in [3.63, 3.8) is 0 Å². The van der Waals surface area contributed by atoms with Crippen LogP contribution < -0.4 is 16.0 Å². The van der Waals surface area contributed by atoms with Crippen molar-refractivity contribution >= 4 is 17.8 Å². The number of amides is 2. The number of guanidine groups is 1. The Morgan fingerprint density at radius 2 is 1.62 bits per heavy atom. The summed E-state index contributed by atoms with van der Waals surface area (Å²) in [7, 11) is 1.31. The van der Waals surface area contributed by atoms with Crippen molar-refractivity contribution in [3.05, 3.63) is 107 Å². The van der Waals surface area contributed by atoms with Crippen molar-refractivity contribution in [2.75, 3.05) is 20.2 Å². The van der Waals surface area contributed by atoms with Gasteiger partial charge in [-0.2, -0.15) is 0 Å². The van der Waals surface area contributed by atoms with E-state index in [1.165, 1.54) is 24.1 Å². The van der Waals surface area contributed by atoms with Crippen LogP contribution in [0.3, 0.4) is 0 Å². The smallest absolute Gasteiger partial charge is 0.264 e. The molecule has 3 aromatic rings. The molecule has 2 amide bonds. The van der Waals surface area contributed by atoms with Crippen molar-refractivity contribution in [3.8, 4) is 0 Å². The van der Waals surface area contributed by atoms with Crippen LogP contribution in [0, 0.1) is 11.2 Å². The lowest BCUT2D eigenvalue weighted by atomic mass is 9.82. The Balaban J connectivity index is 1.35. The zero-order chi connectivity index (χ0) is 28.5. The van der Waals surface area contributed by atoms with E-state index in [0.717, 1.165) is 16.7 Å². The van der Waals surface area contributed by atoms with Crippen LogP contribution in [0.25, 0.3) is 0 Å². The van der Waals surface area contributed by atoms with E-state index in [2.05, 4.69) is 16.0 Å². The standard InChI is InChI=1S/C30H34FN5O4/c1-40-29(39)34-25(20-21-14-16-24(31)17-15-21)26(37)33-18-8-9-19-36-27(38)30(35-28(36)32,22-10-4-2-5-11-22)23-12-6-3-7-13-23/h2-7,10-17,25,29,34,39H,8-9,18-20H2,1H3,(H2,32,35)(H,33,37)/t25-,29?/m0/s1. The van der Waals surface area contributed by atoms with E-state index in [9.17, 15) is 19.1 Å². The Bertz CT molecular complexity index is 1250.